The van der Waals surface area contributed by atoms with Crippen molar-refractivity contribution >= 4 is 0 Å². The third-order valence-electron chi connectivity index (χ3n) is 5.15. The third-order valence-corrected chi connectivity index (χ3v) is 5.15. The highest BCUT2D eigenvalue weighted by Gasteiger charge is 2.37. The number of methoxy groups -OCH3 is 2. The Kier molecular flexibility index (Phi) is 3.35. The SMILES string of the molecule is COc1cc2c(cc1O)CC1OC2Cc2c1cc(OC)c(O)c2C. The van der Waals surface area contributed by atoms with Crippen LogP contribution >= 0.6 is 0 Å². The van der Waals surface area contributed by atoms with Gasteiger partial charge < -0.3 is 24.4 Å². The molecule has 0 aromatic heterocycles. The predicted octanol–water partition coefficient (Wildman–Crippen LogP) is 3.33. The molecule has 0 saturated heterocycles. The number of hydrogen-bond acceptors (Lipinski definition) is 5. The van der Waals surface area contributed by atoms with Crippen molar-refractivity contribution in [1.29, 1.82) is 0 Å². The fraction of sp³-hybridized carbons (Fsp3) is 0.368. The Morgan fingerprint density at radius 2 is 1.62 bits per heavy atom. The van der Waals surface area contributed by atoms with E-state index in [0.29, 0.717) is 24.3 Å². The number of benzene rings is 2. The van der Waals surface area contributed by atoms with Crippen molar-refractivity contribution in [2.75, 3.05) is 14.2 Å². The second-order valence-corrected chi connectivity index (χ2v) is 6.36. The lowest BCUT2D eigenvalue weighted by Gasteiger charge is -2.39. The van der Waals surface area contributed by atoms with Crippen LogP contribution in [0.15, 0.2) is 18.2 Å². The topological polar surface area (TPSA) is 68.2 Å². The smallest absolute Gasteiger partial charge is 0.161 e. The number of phenols is 2. The summed E-state index contributed by atoms with van der Waals surface area (Å²) in [6, 6.07) is 5.49. The van der Waals surface area contributed by atoms with Gasteiger partial charge in [-0.2, -0.15) is 0 Å². The normalized spacial score (nSPS) is 21.0. The molecule has 2 aromatic carbocycles. The van der Waals surface area contributed by atoms with Gasteiger partial charge in [0.05, 0.1) is 26.4 Å². The van der Waals surface area contributed by atoms with Gasteiger partial charge in [0.25, 0.3) is 0 Å². The maximum atomic E-state index is 10.3. The molecule has 0 fully saturated rings. The van der Waals surface area contributed by atoms with Crippen LogP contribution in [0.25, 0.3) is 0 Å². The molecule has 24 heavy (non-hydrogen) atoms. The van der Waals surface area contributed by atoms with Gasteiger partial charge in [-0.15, -0.1) is 0 Å². The van der Waals surface area contributed by atoms with Crippen LogP contribution in [-0.4, -0.2) is 24.4 Å². The first-order chi connectivity index (χ1) is 11.5. The first kappa shape index (κ1) is 15.1. The highest BCUT2D eigenvalue weighted by Crippen LogP contribution is 2.50. The molecule has 2 heterocycles. The summed E-state index contributed by atoms with van der Waals surface area (Å²) in [5, 5.41) is 20.4. The van der Waals surface area contributed by atoms with Crippen LogP contribution < -0.4 is 9.47 Å². The van der Waals surface area contributed by atoms with Crippen molar-refractivity contribution in [3.63, 3.8) is 0 Å². The molecule has 5 nitrogen and oxygen atoms in total. The van der Waals surface area contributed by atoms with E-state index < -0.39 is 0 Å². The van der Waals surface area contributed by atoms with E-state index in [-0.39, 0.29) is 23.7 Å². The second-order valence-electron chi connectivity index (χ2n) is 6.36. The van der Waals surface area contributed by atoms with Gasteiger partial charge in [0.2, 0.25) is 0 Å². The van der Waals surface area contributed by atoms with Gasteiger partial charge in [-0.3, -0.25) is 0 Å². The van der Waals surface area contributed by atoms with E-state index in [1.54, 1.807) is 20.3 Å². The number of hydrogen-bond donors (Lipinski definition) is 2. The lowest BCUT2D eigenvalue weighted by Crippen LogP contribution is -2.28. The summed E-state index contributed by atoms with van der Waals surface area (Å²) in [6.45, 7) is 1.91. The number of ether oxygens (including phenoxy) is 3. The Morgan fingerprint density at radius 3 is 2.33 bits per heavy atom. The lowest BCUT2D eigenvalue weighted by molar-refractivity contribution is -0.0397. The largest absolute Gasteiger partial charge is 0.504 e. The fourth-order valence-electron chi connectivity index (χ4n) is 3.87. The van der Waals surface area contributed by atoms with E-state index in [4.69, 9.17) is 14.2 Å². The monoisotopic (exact) mass is 328 g/mol. The number of aromatic hydroxyl groups is 2. The van der Waals surface area contributed by atoms with Crippen molar-refractivity contribution in [1.82, 2.24) is 0 Å². The van der Waals surface area contributed by atoms with Crippen LogP contribution in [0.5, 0.6) is 23.0 Å². The van der Waals surface area contributed by atoms with Crippen LogP contribution in [-0.2, 0) is 17.6 Å². The summed E-state index contributed by atoms with van der Waals surface area (Å²) in [5.74, 6) is 1.27. The van der Waals surface area contributed by atoms with Crippen LogP contribution in [0.2, 0.25) is 0 Å². The molecule has 2 aliphatic rings. The van der Waals surface area contributed by atoms with E-state index in [0.717, 1.165) is 27.8 Å². The number of fused-ring (bicyclic) bond motifs is 6. The summed E-state index contributed by atoms with van der Waals surface area (Å²) in [6.07, 6.45) is 1.14. The van der Waals surface area contributed by atoms with Crippen molar-refractivity contribution in [2.24, 2.45) is 0 Å². The fourth-order valence-corrected chi connectivity index (χ4v) is 3.87. The molecule has 0 saturated carbocycles. The Balaban J connectivity index is 1.84. The van der Waals surface area contributed by atoms with Gasteiger partial charge in [-0.25, -0.2) is 0 Å². The molecule has 126 valence electrons. The van der Waals surface area contributed by atoms with Crippen molar-refractivity contribution < 1.29 is 24.4 Å². The van der Waals surface area contributed by atoms with E-state index in [1.165, 1.54) is 0 Å². The van der Waals surface area contributed by atoms with E-state index in [2.05, 4.69) is 0 Å². The third kappa shape index (κ3) is 2.04. The summed E-state index contributed by atoms with van der Waals surface area (Å²) >= 11 is 0. The Hall–Kier alpha value is -2.40. The molecule has 0 radical (unpaired) electrons. The Morgan fingerprint density at radius 1 is 0.958 bits per heavy atom. The summed E-state index contributed by atoms with van der Waals surface area (Å²) in [5.41, 5.74) is 5.13. The standard InChI is InChI=1S/C19H20O5/c1-9-11-6-16-12-7-17(22-2)14(20)4-10(12)5-15(24-16)13(11)8-18(23-3)19(9)21/h4,7-8,15-16,20-21H,5-6H2,1-3H3. The predicted molar refractivity (Wildman–Crippen MR) is 88.0 cm³/mol. The van der Waals surface area contributed by atoms with Gasteiger partial charge in [-0.05, 0) is 52.9 Å². The average Bonchev–Trinajstić information content (AvgIpc) is 2.58. The van der Waals surface area contributed by atoms with Crippen LogP contribution in [0.1, 0.15) is 40.0 Å². The van der Waals surface area contributed by atoms with Gasteiger partial charge >= 0.3 is 0 Å². The molecular formula is C19H20O5. The molecule has 0 aliphatic carbocycles. The van der Waals surface area contributed by atoms with Crippen molar-refractivity contribution in [2.45, 2.75) is 32.0 Å². The highest BCUT2D eigenvalue weighted by molar-refractivity contribution is 5.57. The lowest BCUT2D eigenvalue weighted by atomic mass is 9.80. The molecule has 2 N–H and O–H groups in total. The van der Waals surface area contributed by atoms with E-state index in [9.17, 15) is 10.2 Å². The second kappa shape index (κ2) is 5.31. The minimum absolute atomic E-state index is 0.104. The Bertz CT molecular complexity index is 827. The molecule has 2 aromatic rings. The molecule has 2 unspecified atom stereocenters. The molecule has 4 rings (SSSR count). The summed E-state index contributed by atoms with van der Waals surface area (Å²) in [7, 11) is 3.09. The van der Waals surface area contributed by atoms with Crippen LogP contribution in [0.4, 0.5) is 0 Å². The Labute approximate surface area is 140 Å². The summed E-state index contributed by atoms with van der Waals surface area (Å²) in [4.78, 5) is 0. The highest BCUT2D eigenvalue weighted by atomic mass is 16.5. The zero-order valence-electron chi connectivity index (χ0n) is 13.9. The molecule has 0 spiro atoms. The molecule has 2 aliphatic heterocycles. The first-order valence-corrected chi connectivity index (χ1v) is 7.98. The molecule has 5 heteroatoms. The molecular weight excluding hydrogens is 308 g/mol. The van der Waals surface area contributed by atoms with Gasteiger partial charge in [0.1, 0.15) is 0 Å². The first-order valence-electron chi connectivity index (χ1n) is 7.98. The van der Waals surface area contributed by atoms with Crippen LogP contribution in [0, 0.1) is 6.92 Å². The van der Waals surface area contributed by atoms with Crippen LogP contribution in [0.3, 0.4) is 0 Å². The zero-order valence-corrected chi connectivity index (χ0v) is 13.9. The van der Waals surface area contributed by atoms with E-state index >= 15 is 0 Å². The average molecular weight is 328 g/mol. The number of phenolic OH excluding ortho intramolecular Hbond substituents is 2. The molecule has 2 bridgehead atoms. The van der Waals surface area contributed by atoms with Gasteiger partial charge in [-0.1, -0.05) is 0 Å². The number of rotatable bonds is 2. The zero-order chi connectivity index (χ0) is 17.0. The minimum Gasteiger partial charge on any atom is -0.504 e. The van der Waals surface area contributed by atoms with Gasteiger partial charge in [0.15, 0.2) is 23.0 Å². The summed E-state index contributed by atoms with van der Waals surface area (Å²) < 4.78 is 16.8. The van der Waals surface area contributed by atoms with Crippen molar-refractivity contribution in [3.8, 4) is 23.0 Å². The van der Waals surface area contributed by atoms with Gasteiger partial charge in [0, 0.05) is 12.8 Å². The quantitative estimate of drug-likeness (QED) is 0.885. The maximum Gasteiger partial charge on any atom is 0.161 e. The maximum absolute atomic E-state index is 10.3. The molecule has 2 atom stereocenters. The van der Waals surface area contributed by atoms with Crippen molar-refractivity contribution in [3.05, 3.63) is 46.0 Å². The molecule has 0 amide bonds. The minimum atomic E-state index is -0.104. The van der Waals surface area contributed by atoms with E-state index in [1.807, 2.05) is 19.1 Å².